The average molecular weight is 267 g/mol. The van der Waals surface area contributed by atoms with E-state index in [1.807, 2.05) is 0 Å². The van der Waals surface area contributed by atoms with Gasteiger partial charge in [-0.25, -0.2) is 4.79 Å². The van der Waals surface area contributed by atoms with E-state index in [2.05, 4.69) is 29.0 Å². The highest BCUT2D eigenvalue weighted by molar-refractivity contribution is 5.75. The maximum Gasteiger partial charge on any atom is 0.320 e. The van der Waals surface area contributed by atoms with Crippen molar-refractivity contribution in [1.29, 1.82) is 0 Å². The van der Waals surface area contributed by atoms with E-state index in [1.165, 1.54) is 12.8 Å². The van der Waals surface area contributed by atoms with E-state index in [1.54, 1.807) is 0 Å². The Morgan fingerprint density at radius 3 is 2.84 bits per heavy atom. The van der Waals surface area contributed by atoms with Gasteiger partial charge in [0.15, 0.2) is 0 Å². The first-order valence-corrected chi connectivity index (χ1v) is 7.98. The van der Waals surface area contributed by atoms with Crippen molar-refractivity contribution in [3.05, 3.63) is 0 Å². The number of rotatable bonds is 3. The smallest absolute Gasteiger partial charge is 0.320 e. The van der Waals surface area contributed by atoms with Crippen molar-refractivity contribution < 1.29 is 4.79 Å². The van der Waals surface area contributed by atoms with Gasteiger partial charge in [0.1, 0.15) is 0 Å². The molecule has 0 radical (unpaired) electrons. The summed E-state index contributed by atoms with van der Waals surface area (Å²) in [6.07, 6.45) is 5.82. The number of hydrogen-bond acceptors (Lipinski definition) is 2. The lowest BCUT2D eigenvalue weighted by atomic mass is 10.0. The maximum atomic E-state index is 12.8. The largest absolute Gasteiger partial charge is 0.324 e. The number of amides is 2. The van der Waals surface area contributed by atoms with Gasteiger partial charge in [-0.05, 0) is 44.6 Å². The molecule has 0 aromatic rings. The number of carbonyl (C=O) groups excluding carboxylic acids is 1. The topological polar surface area (TPSA) is 35.6 Å². The van der Waals surface area contributed by atoms with Crippen molar-refractivity contribution in [2.45, 2.75) is 52.0 Å². The Labute approximate surface area is 117 Å². The van der Waals surface area contributed by atoms with Crippen LogP contribution in [0.25, 0.3) is 0 Å². The lowest BCUT2D eigenvalue weighted by molar-refractivity contribution is 0.107. The van der Waals surface area contributed by atoms with Gasteiger partial charge in [0.2, 0.25) is 0 Å². The molecule has 0 aromatic carbocycles. The number of piperidine rings is 2. The van der Waals surface area contributed by atoms with Gasteiger partial charge in [-0.3, -0.25) is 0 Å². The van der Waals surface area contributed by atoms with Gasteiger partial charge in [0.25, 0.3) is 0 Å². The Kier molecular flexibility index (Phi) is 5.49. The van der Waals surface area contributed by atoms with Crippen molar-refractivity contribution in [2.75, 3.05) is 32.7 Å². The molecule has 2 atom stereocenters. The molecule has 4 heteroatoms. The molecule has 0 aliphatic carbocycles. The van der Waals surface area contributed by atoms with Crippen molar-refractivity contribution in [3.8, 4) is 0 Å². The summed E-state index contributed by atoms with van der Waals surface area (Å²) >= 11 is 0. The van der Waals surface area contributed by atoms with Gasteiger partial charge < -0.3 is 15.1 Å². The average Bonchev–Trinajstić information content (AvgIpc) is 2.45. The van der Waals surface area contributed by atoms with E-state index in [4.69, 9.17) is 0 Å². The van der Waals surface area contributed by atoms with Crippen LogP contribution in [0.4, 0.5) is 4.79 Å². The van der Waals surface area contributed by atoms with Crippen LogP contribution in [0.3, 0.4) is 0 Å². The molecule has 110 valence electrons. The molecule has 2 saturated heterocycles. The van der Waals surface area contributed by atoms with Crippen LogP contribution in [-0.2, 0) is 0 Å². The molecule has 1 N–H and O–H groups in total. The fourth-order valence-corrected chi connectivity index (χ4v) is 3.32. The molecule has 0 aromatic heterocycles. The Balaban J connectivity index is 1.98. The highest BCUT2D eigenvalue weighted by Gasteiger charge is 2.30. The van der Waals surface area contributed by atoms with Gasteiger partial charge in [-0.1, -0.05) is 13.8 Å². The minimum absolute atomic E-state index is 0.280. The van der Waals surface area contributed by atoms with E-state index in [-0.39, 0.29) is 6.03 Å². The third-order valence-corrected chi connectivity index (χ3v) is 4.35. The van der Waals surface area contributed by atoms with E-state index in [9.17, 15) is 4.79 Å². The van der Waals surface area contributed by atoms with Gasteiger partial charge in [-0.2, -0.15) is 0 Å². The second-order valence-corrected chi connectivity index (χ2v) is 6.17. The summed E-state index contributed by atoms with van der Waals surface area (Å²) in [4.78, 5) is 17.0. The van der Waals surface area contributed by atoms with Gasteiger partial charge >= 0.3 is 6.03 Å². The van der Waals surface area contributed by atoms with E-state index >= 15 is 0 Å². The van der Waals surface area contributed by atoms with Crippen LogP contribution in [0.2, 0.25) is 0 Å². The second kappa shape index (κ2) is 7.13. The predicted molar refractivity (Wildman–Crippen MR) is 78.3 cm³/mol. The third-order valence-electron chi connectivity index (χ3n) is 4.35. The molecule has 2 aliphatic heterocycles. The molecule has 0 spiro atoms. The van der Waals surface area contributed by atoms with Gasteiger partial charge in [0.05, 0.1) is 0 Å². The summed E-state index contributed by atoms with van der Waals surface area (Å²) in [6.45, 7) is 9.28. The Bertz CT molecular complexity index is 289. The highest BCUT2D eigenvalue weighted by atomic mass is 16.2. The zero-order valence-electron chi connectivity index (χ0n) is 12.5. The summed E-state index contributed by atoms with van der Waals surface area (Å²) in [6, 6.07) is 0.681. The Hall–Kier alpha value is -0.770. The quantitative estimate of drug-likeness (QED) is 0.851. The monoisotopic (exact) mass is 267 g/mol. The van der Waals surface area contributed by atoms with Crippen molar-refractivity contribution >= 4 is 6.03 Å². The summed E-state index contributed by atoms with van der Waals surface area (Å²) in [5, 5.41) is 3.43. The maximum absolute atomic E-state index is 12.8. The molecule has 19 heavy (non-hydrogen) atoms. The zero-order valence-corrected chi connectivity index (χ0v) is 12.5. The van der Waals surface area contributed by atoms with Crippen LogP contribution in [0.15, 0.2) is 0 Å². The van der Waals surface area contributed by atoms with Crippen molar-refractivity contribution in [2.24, 2.45) is 5.92 Å². The summed E-state index contributed by atoms with van der Waals surface area (Å²) < 4.78 is 0. The minimum Gasteiger partial charge on any atom is -0.324 e. The fraction of sp³-hybridized carbons (Fsp3) is 0.933. The molecule has 2 aliphatic rings. The van der Waals surface area contributed by atoms with E-state index in [0.29, 0.717) is 12.0 Å². The number of hydrogen-bond donors (Lipinski definition) is 1. The van der Waals surface area contributed by atoms with Gasteiger partial charge in [-0.15, -0.1) is 0 Å². The Morgan fingerprint density at radius 1 is 1.37 bits per heavy atom. The third kappa shape index (κ3) is 3.85. The number of nitrogens with one attached hydrogen (secondary N) is 1. The second-order valence-electron chi connectivity index (χ2n) is 6.17. The van der Waals surface area contributed by atoms with Crippen LogP contribution in [0.5, 0.6) is 0 Å². The van der Waals surface area contributed by atoms with Crippen LogP contribution >= 0.6 is 0 Å². The number of likely N-dealkylation sites (tertiary alicyclic amines) is 1. The molecule has 2 unspecified atom stereocenters. The summed E-state index contributed by atoms with van der Waals surface area (Å²) in [7, 11) is 0. The molecular formula is C15H29N3O. The molecule has 4 nitrogen and oxygen atoms in total. The first kappa shape index (κ1) is 14.6. The SMILES string of the molecule is CCCN(C(=O)N1CCCC(C)C1)C1CCCNC1. The summed E-state index contributed by atoms with van der Waals surface area (Å²) in [5.41, 5.74) is 0. The standard InChI is InChI=1S/C15H29N3O/c1-3-9-18(14-7-4-8-16-11-14)15(19)17-10-5-6-13(2)12-17/h13-14,16H,3-12H2,1-2H3. The lowest BCUT2D eigenvalue weighted by Crippen LogP contribution is -2.54. The number of carbonyl (C=O) groups is 1. The van der Waals surface area contributed by atoms with E-state index in [0.717, 1.165) is 52.0 Å². The molecule has 0 bridgehead atoms. The number of urea groups is 1. The molecular weight excluding hydrogens is 238 g/mol. The Morgan fingerprint density at radius 2 is 2.21 bits per heavy atom. The van der Waals surface area contributed by atoms with E-state index < -0.39 is 0 Å². The van der Waals surface area contributed by atoms with Crippen LogP contribution < -0.4 is 5.32 Å². The summed E-state index contributed by atoms with van der Waals surface area (Å²) in [5.74, 6) is 0.658. The first-order chi connectivity index (χ1) is 9.22. The fourth-order valence-electron chi connectivity index (χ4n) is 3.32. The zero-order chi connectivity index (χ0) is 13.7. The van der Waals surface area contributed by atoms with Crippen molar-refractivity contribution in [3.63, 3.8) is 0 Å². The van der Waals surface area contributed by atoms with Crippen LogP contribution in [0, 0.1) is 5.92 Å². The van der Waals surface area contributed by atoms with Crippen LogP contribution in [-0.4, -0.2) is 54.6 Å². The molecule has 2 amide bonds. The van der Waals surface area contributed by atoms with Crippen molar-refractivity contribution in [1.82, 2.24) is 15.1 Å². The number of nitrogens with zero attached hydrogens (tertiary/aromatic N) is 2. The normalized spacial score (nSPS) is 28.2. The highest BCUT2D eigenvalue weighted by Crippen LogP contribution is 2.19. The molecule has 0 saturated carbocycles. The lowest BCUT2D eigenvalue weighted by Gasteiger charge is -2.40. The first-order valence-electron chi connectivity index (χ1n) is 7.98. The molecule has 2 fully saturated rings. The molecule has 2 heterocycles. The predicted octanol–water partition coefficient (Wildman–Crippen LogP) is 2.30. The van der Waals surface area contributed by atoms with Crippen LogP contribution in [0.1, 0.15) is 46.0 Å². The minimum atomic E-state index is 0.280. The molecule has 2 rings (SSSR count). The van der Waals surface area contributed by atoms with Gasteiger partial charge in [0, 0.05) is 32.2 Å².